The number of fused-ring (bicyclic) bond motifs is 2. The minimum Gasteiger partial charge on any atom is -0.503 e. The number of imide groups is 1. The van der Waals surface area contributed by atoms with Gasteiger partial charge in [-0.25, -0.2) is 18.6 Å². The number of urea groups is 1. The van der Waals surface area contributed by atoms with Crippen molar-refractivity contribution in [2.75, 3.05) is 55.6 Å². The molecule has 8 rings (SSSR count). The van der Waals surface area contributed by atoms with Gasteiger partial charge in [0, 0.05) is 69.2 Å². The highest BCUT2D eigenvalue weighted by Gasteiger charge is 2.28. The maximum absolute atomic E-state index is 14.1. The van der Waals surface area contributed by atoms with Crippen LogP contribution in [0.25, 0.3) is 16.6 Å². The van der Waals surface area contributed by atoms with E-state index in [2.05, 4.69) is 61.9 Å². The van der Waals surface area contributed by atoms with Gasteiger partial charge >= 0.3 is 6.03 Å². The third-order valence-electron chi connectivity index (χ3n) is 11.2. The van der Waals surface area contributed by atoms with Crippen LogP contribution in [0.15, 0.2) is 55.0 Å². The van der Waals surface area contributed by atoms with Crippen molar-refractivity contribution >= 4 is 45.9 Å². The van der Waals surface area contributed by atoms with Crippen LogP contribution in [-0.2, 0) is 11.2 Å². The average molecular weight is 758 g/mol. The molecule has 2 saturated heterocycles. The number of carbonyl (C=O) groups is 3. The van der Waals surface area contributed by atoms with Gasteiger partial charge in [-0.3, -0.25) is 33.8 Å². The normalized spacial score (nSPS) is 19.7. The second-order valence-electron chi connectivity index (χ2n) is 14.7. The number of nitrogens with zero attached hydrogens (tertiary/aromatic N) is 7. The number of hydrogen-bond donors (Lipinski definition) is 3. The minimum absolute atomic E-state index is 0.137. The van der Waals surface area contributed by atoms with E-state index in [0.29, 0.717) is 18.4 Å². The number of phenolic OH excluding ortho intramolecular Hbond substituents is 1. The minimum atomic E-state index is -1.78. The maximum Gasteiger partial charge on any atom is 0.329 e. The first-order chi connectivity index (χ1) is 26.6. The van der Waals surface area contributed by atoms with Crippen LogP contribution < -0.4 is 20.4 Å². The number of piperazine rings is 1. The molecule has 3 N–H and O–H groups in total. The zero-order chi connectivity index (χ0) is 38.2. The van der Waals surface area contributed by atoms with E-state index in [1.807, 2.05) is 15.3 Å². The van der Waals surface area contributed by atoms with Crippen LogP contribution in [0, 0.1) is 23.4 Å². The summed E-state index contributed by atoms with van der Waals surface area (Å²) < 4.78 is 45.4. The number of pyridine rings is 1. The van der Waals surface area contributed by atoms with E-state index >= 15 is 0 Å². The number of amides is 4. The third kappa shape index (κ3) is 7.55. The molecule has 2 aliphatic heterocycles. The van der Waals surface area contributed by atoms with Crippen LogP contribution in [0.2, 0.25) is 0 Å². The van der Waals surface area contributed by atoms with Gasteiger partial charge in [0.2, 0.25) is 11.7 Å². The first kappa shape index (κ1) is 36.3. The lowest BCUT2D eigenvalue weighted by molar-refractivity contribution is -0.120. The van der Waals surface area contributed by atoms with Crippen LogP contribution in [0.1, 0.15) is 60.5 Å². The molecule has 0 unspecified atom stereocenters. The van der Waals surface area contributed by atoms with E-state index in [1.54, 1.807) is 11.1 Å². The highest BCUT2D eigenvalue weighted by Crippen LogP contribution is 2.33. The molecular formula is C39H42F3N9O4. The van der Waals surface area contributed by atoms with Crippen LogP contribution in [-0.4, -0.2) is 92.8 Å². The summed E-state index contributed by atoms with van der Waals surface area (Å²) in [7, 11) is 0. The van der Waals surface area contributed by atoms with E-state index in [-0.39, 0.29) is 30.8 Å². The number of imidazole rings is 1. The Morgan fingerprint density at radius 1 is 0.964 bits per heavy atom. The van der Waals surface area contributed by atoms with Gasteiger partial charge in [-0.1, -0.05) is 0 Å². The second-order valence-corrected chi connectivity index (χ2v) is 14.7. The number of nitrogens with one attached hydrogen (secondary N) is 2. The molecule has 3 aliphatic rings. The number of aromatic nitrogens is 4. The molecule has 0 bridgehead atoms. The maximum atomic E-state index is 14.1. The molecule has 0 atom stereocenters. The molecule has 13 nitrogen and oxygen atoms in total. The van der Waals surface area contributed by atoms with Crippen molar-refractivity contribution in [3.8, 4) is 5.75 Å². The summed E-state index contributed by atoms with van der Waals surface area (Å²) in [6, 6.07) is 10.8. The molecule has 5 heterocycles. The number of phenols is 1. The van der Waals surface area contributed by atoms with E-state index in [0.717, 1.165) is 93.5 Å². The summed E-state index contributed by atoms with van der Waals surface area (Å²) in [4.78, 5) is 47.2. The lowest BCUT2D eigenvalue weighted by atomic mass is 9.86. The number of benzene rings is 2. The standard InChI is InChI=1S/C39H42F3N9O4/c40-30-20-29(35(41)36(42)37(30)53)38(54)44-21-25-3-6-27(7-4-25)51-23-26-5-8-28(19-31(26)46-51)48-16-14-47(15-17-48)11-1-2-24-9-12-49-32(18-24)43-22-34(49)50-13-10-33(52)45-39(50)55/h5,8-9,12,18-20,22-23,25,27,53H,1-4,6-7,10-11,13-17,21H2,(H,44,54)(H,45,52,55)/t25-,27-. The SMILES string of the molecule is O=C1CCN(c2cnc3cc(CCCN4CCN(c5ccc6cn([C@H]7CC[C@H](CNC(=O)c8cc(F)c(O)c(F)c8F)CC7)nc6c5)CC4)ccn23)C(=O)N1. The molecular weight excluding hydrogens is 715 g/mol. The Balaban J connectivity index is 0.785. The molecule has 16 heteroatoms. The Labute approximate surface area is 314 Å². The highest BCUT2D eigenvalue weighted by molar-refractivity contribution is 6.05. The van der Waals surface area contributed by atoms with Crippen molar-refractivity contribution < 1.29 is 32.7 Å². The second kappa shape index (κ2) is 15.2. The fraction of sp³-hybridized carbons (Fsp3) is 0.410. The topological polar surface area (TPSA) is 140 Å². The predicted octanol–water partition coefficient (Wildman–Crippen LogP) is 5.17. The Morgan fingerprint density at radius 2 is 1.76 bits per heavy atom. The third-order valence-corrected chi connectivity index (χ3v) is 11.2. The molecule has 0 spiro atoms. The van der Waals surface area contributed by atoms with Crippen molar-refractivity contribution in [3.05, 3.63) is 83.6 Å². The van der Waals surface area contributed by atoms with Gasteiger partial charge in [-0.05, 0) is 92.9 Å². The Morgan fingerprint density at radius 3 is 2.55 bits per heavy atom. The molecule has 1 saturated carbocycles. The zero-order valence-electron chi connectivity index (χ0n) is 30.2. The summed E-state index contributed by atoms with van der Waals surface area (Å²) in [5.41, 5.74) is 3.29. The van der Waals surface area contributed by atoms with Crippen LogP contribution in [0.4, 0.5) is 29.5 Å². The van der Waals surface area contributed by atoms with E-state index in [4.69, 9.17) is 5.10 Å². The molecule has 1 aliphatic carbocycles. The molecule has 55 heavy (non-hydrogen) atoms. The molecule has 3 fully saturated rings. The van der Waals surface area contributed by atoms with Gasteiger partial charge < -0.3 is 15.3 Å². The Bertz CT molecular complexity index is 2260. The van der Waals surface area contributed by atoms with Gasteiger partial charge in [0.15, 0.2) is 17.4 Å². The molecule has 288 valence electrons. The first-order valence-electron chi connectivity index (χ1n) is 18.8. The molecule has 2 aromatic carbocycles. The van der Waals surface area contributed by atoms with Crippen LogP contribution in [0.3, 0.4) is 0 Å². The van der Waals surface area contributed by atoms with Crippen LogP contribution >= 0.6 is 0 Å². The summed E-state index contributed by atoms with van der Waals surface area (Å²) >= 11 is 0. The lowest BCUT2D eigenvalue weighted by Gasteiger charge is -2.36. The number of aromatic hydroxyl groups is 1. The smallest absolute Gasteiger partial charge is 0.329 e. The zero-order valence-corrected chi connectivity index (χ0v) is 30.2. The van der Waals surface area contributed by atoms with Crippen molar-refractivity contribution in [1.29, 1.82) is 0 Å². The number of rotatable bonds is 10. The summed E-state index contributed by atoms with van der Waals surface area (Å²) in [5, 5.41) is 20.2. The average Bonchev–Trinajstić information content (AvgIpc) is 3.82. The predicted molar refractivity (Wildman–Crippen MR) is 199 cm³/mol. The van der Waals surface area contributed by atoms with Crippen molar-refractivity contribution in [3.63, 3.8) is 0 Å². The number of carbonyl (C=O) groups excluding carboxylic acids is 3. The van der Waals surface area contributed by atoms with Crippen molar-refractivity contribution in [1.82, 2.24) is 34.7 Å². The van der Waals surface area contributed by atoms with Crippen molar-refractivity contribution in [2.45, 2.75) is 51.0 Å². The van der Waals surface area contributed by atoms with Crippen LogP contribution in [0.5, 0.6) is 5.75 Å². The monoisotopic (exact) mass is 757 g/mol. The van der Waals surface area contributed by atoms with E-state index in [1.165, 1.54) is 5.56 Å². The van der Waals surface area contributed by atoms with Gasteiger partial charge in [-0.2, -0.15) is 9.49 Å². The largest absolute Gasteiger partial charge is 0.503 e. The number of halogens is 3. The Kier molecular flexibility index (Phi) is 10.1. The fourth-order valence-corrected chi connectivity index (χ4v) is 7.99. The van der Waals surface area contributed by atoms with Gasteiger partial charge in [0.05, 0.1) is 23.3 Å². The van der Waals surface area contributed by atoms with Gasteiger partial charge in [-0.15, -0.1) is 0 Å². The lowest BCUT2D eigenvalue weighted by Crippen LogP contribution is -2.50. The summed E-state index contributed by atoms with van der Waals surface area (Å²) in [5.74, 6) is -6.58. The number of aryl methyl sites for hydroxylation is 1. The van der Waals surface area contributed by atoms with E-state index in [9.17, 15) is 32.7 Å². The van der Waals surface area contributed by atoms with Gasteiger partial charge in [0.25, 0.3) is 5.91 Å². The molecule has 3 aromatic heterocycles. The highest BCUT2D eigenvalue weighted by atomic mass is 19.2. The van der Waals surface area contributed by atoms with Crippen molar-refractivity contribution in [2.24, 2.45) is 5.92 Å². The number of hydrogen-bond acceptors (Lipinski definition) is 8. The molecule has 5 aromatic rings. The number of anilines is 2. The quantitative estimate of drug-likeness (QED) is 0.166. The summed E-state index contributed by atoms with van der Waals surface area (Å²) in [6.07, 6.45) is 11.2. The molecule has 0 radical (unpaired) electrons. The first-order valence-corrected chi connectivity index (χ1v) is 18.8. The fourth-order valence-electron chi connectivity index (χ4n) is 7.99. The van der Waals surface area contributed by atoms with E-state index < -0.39 is 40.7 Å². The molecule has 4 amide bonds. The summed E-state index contributed by atoms with van der Waals surface area (Å²) in [6.45, 7) is 5.37. The Hall–Kier alpha value is -5.64. The van der Waals surface area contributed by atoms with Gasteiger partial charge in [0.1, 0.15) is 11.5 Å².